The van der Waals surface area contributed by atoms with Crippen molar-refractivity contribution in [3.8, 4) is 0 Å². The summed E-state index contributed by atoms with van der Waals surface area (Å²) in [4.78, 5) is 0. The van der Waals surface area contributed by atoms with Crippen molar-refractivity contribution in [3.63, 3.8) is 0 Å². The molecule has 0 nitrogen and oxygen atoms in total. The van der Waals surface area contributed by atoms with Crippen molar-refractivity contribution in [1.82, 2.24) is 0 Å². The van der Waals surface area contributed by atoms with E-state index in [0.717, 1.165) is 0 Å². The monoisotopic (exact) mass is 542 g/mol. The first-order valence-electron chi connectivity index (χ1n) is 10.6. The Morgan fingerprint density at radius 3 is 0.875 bits per heavy atom. The molecule has 0 N–H and O–H groups in total. The Kier molecular flexibility index (Phi) is 11.8. The zero-order valence-electron chi connectivity index (χ0n) is 17.7. The summed E-state index contributed by atoms with van der Waals surface area (Å²) in [5, 5.41) is 6.10. The average Bonchev–Trinajstić information content (AvgIpc) is 2.87. The fourth-order valence-electron chi connectivity index (χ4n) is 3.91. The summed E-state index contributed by atoms with van der Waals surface area (Å²) in [5.74, 6) is 0. The van der Waals surface area contributed by atoms with Crippen LogP contribution < -0.4 is 21.2 Å². The molecule has 0 aliphatic rings. The van der Waals surface area contributed by atoms with Gasteiger partial charge < -0.3 is 0 Å². The molecule has 0 saturated carbocycles. The first kappa shape index (κ1) is 25.4. The minimum atomic E-state index is -0.742. The maximum Gasteiger partial charge on any atom is 0.0966 e. The van der Waals surface area contributed by atoms with Crippen LogP contribution >= 0.6 is 36.2 Å². The topological polar surface area (TPSA) is 0 Å². The molecule has 0 amide bonds. The van der Waals surface area contributed by atoms with Gasteiger partial charge in [-0.3, -0.25) is 0 Å². The van der Waals surface area contributed by atoms with Crippen molar-refractivity contribution in [2.24, 2.45) is 0 Å². The van der Waals surface area contributed by atoms with Gasteiger partial charge in [-0.15, -0.1) is 0 Å². The Morgan fingerprint density at radius 2 is 0.656 bits per heavy atom. The Morgan fingerprint density at radius 1 is 0.438 bits per heavy atom. The summed E-state index contributed by atoms with van der Waals surface area (Å²) < 4.78 is 0. The van der Waals surface area contributed by atoms with Crippen LogP contribution in [0.1, 0.15) is 6.42 Å². The normalized spacial score (nSPS) is 10.8. The van der Waals surface area contributed by atoms with Gasteiger partial charge in [-0.1, -0.05) is 72.8 Å². The van der Waals surface area contributed by atoms with Crippen LogP contribution in [0.2, 0.25) is 0 Å². The summed E-state index contributed by atoms with van der Waals surface area (Å²) in [6.45, 7) is 0. The van der Waals surface area contributed by atoms with Gasteiger partial charge in [-0.2, -0.15) is 0 Å². The van der Waals surface area contributed by atoms with E-state index >= 15 is 0 Å². The molecule has 0 saturated heterocycles. The Bertz CT molecular complexity index is 841. The van der Waals surface area contributed by atoms with Gasteiger partial charge in [0.1, 0.15) is 0 Å². The van der Waals surface area contributed by atoms with Crippen LogP contribution in [0, 0.1) is 0 Å². The second kappa shape index (κ2) is 14.9. The van der Waals surface area contributed by atoms with Gasteiger partial charge in [0.25, 0.3) is 0 Å². The standard InChI is InChI=1S/C27H26P2.2ClH.Ni/c1-5-14-24(15-6-1)28(25-16-7-2-8-17-25)22-13-23-29(26-18-9-3-10-19-26)27-20-11-4-12-21-27;;;/h1-12,14-21H,13,22-23H2;2*1H;/q;;;+2. The summed E-state index contributed by atoms with van der Waals surface area (Å²) in [5.41, 5.74) is 0. The van der Waals surface area contributed by atoms with Crippen LogP contribution in [0.4, 0.5) is 0 Å². The maximum absolute atomic E-state index is 4.70. The predicted molar refractivity (Wildman–Crippen MR) is 147 cm³/mol. The van der Waals surface area contributed by atoms with Gasteiger partial charge in [0.05, 0.1) is 49.4 Å². The molecule has 0 aromatic heterocycles. The van der Waals surface area contributed by atoms with E-state index < -0.39 is 15.8 Å². The van der Waals surface area contributed by atoms with Crippen molar-refractivity contribution >= 4 is 57.4 Å². The Labute approximate surface area is 209 Å². The molecular formula is C27H28Cl2NiP2+2. The molecule has 4 rings (SSSR count). The average molecular weight is 544 g/mol. The number of rotatable bonds is 8. The number of hydrogen-bond donors (Lipinski definition) is 0. The molecular weight excluding hydrogens is 516 g/mol. The summed E-state index contributed by atoms with van der Waals surface area (Å²) in [6.07, 6.45) is 3.84. The van der Waals surface area contributed by atoms with Gasteiger partial charge in [0.2, 0.25) is 0 Å². The summed E-state index contributed by atoms with van der Waals surface area (Å²) in [6, 6.07) is 44.6. The molecule has 5 heteroatoms. The molecule has 0 atom stereocenters. The third-order valence-corrected chi connectivity index (χ3v) is 11.2. The van der Waals surface area contributed by atoms with Crippen molar-refractivity contribution in [2.45, 2.75) is 6.42 Å². The van der Waals surface area contributed by atoms with Gasteiger partial charge in [-0.25, -0.2) is 0 Å². The van der Waals surface area contributed by atoms with E-state index in [1.807, 2.05) is 0 Å². The van der Waals surface area contributed by atoms with Gasteiger partial charge >= 0.3 is 33.0 Å². The van der Waals surface area contributed by atoms with E-state index in [9.17, 15) is 0 Å². The first-order valence-corrected chi connectivity index (χ1v) is 16.7. The molecule has 0 fully saturated rings. The largest absolute Gasteiger partial charge is 0.0966 e. The molecule has 0 radical (unpaired) electrons. The van der Waals surface area contributed by atoms with Crippen LogP contribution in [0.3, 0.4) is 0 Å². The fraction of sp³-hybridized carbons (Fsp3) is 0.111. The molecule has 0 aliphatic carbocycles. The maximum atomic E-state index is 4.70. The molecule has 32 heavy (non-hydrogen) atoms. The minimum absolute atomic E-state index is 0.569. The Hall–Kier alpha value is -1.19. The number of halogens is 2. The van der Waals surface area contributed by atoms with Crippen molar-refractivity contribution in [3.05, 3.63) is 121 Å². The van der Waals surface area contributed by atoms with Gasteiger partial charge in [0.15, 0.2) is 0 Å². The summed E-state index contributed by atoms with van der Waals surface area (Å²) >= 11 is 0.569. The molecule has 168 valence electrons. The molecule has 4 aromatic rings. The zero-order valence-corrected chi connectivity index (χ0v) is 22.2. The third kappa shape index (κ3) is 7.99. The third-order valence-electron chi connectivity index (χ3n) is 5.34. The quantitative estimate of drug-likeness (QED) is 0.176. The predicted octanol–water partition coefficient (Wildman–Crippen LogP) is 6.48. The van der Waals surface area contributed by atoms with Crippen LogP contribution in [-0.2, 0) is 12.7 Å². The minimum Gasteiger partial charge on any atom is -0.0620 e. The van der Waals surface area contributed by atoms with E-state index in [4.69, 9.17) is 20.4 Å². The van der Waals surface area contributed by atoms with Crippen molar-refractivity contribution in [2.75, 3.05) is 12.3 Å². The second-order valence-electron chi connectivity index (χ2n) is 7.32. The zero-order chi connectivity index (χ0) is 22.4. The molecule has 0 bridgehead atoms. The number of hydrogen-bond acceptors (Lipinski definition) is 0. The molecule has 0 aliphatic heterocycles. The van der Waals surface area contributed by atoms with E-state index in [0.29, 0.717) is 12.7 Å². The van der Waals surface area contributed by atoms with E-state index in [1.165, 1.54) is 40.0 Å². The fourth-order valence-corrected chi connectivity index (χ4v) is 9.52. The van der Waals surface area contributed by atoms with Crippen LogP contribution in [0.5, 0.6) is 0 Å². The van der Waals surface area contributed by atoms with Crippen molar-refractivity contribution < 1.29 is 12.7 Å². The van der Waals surface area contributed by atoms with Crippen molar-refractivity contribution in [1.29, 1.82) is 0 Å². The first-order chi connectivity index (χ1) is 15.8. The van der Waals surface area contributed by atoms with E-state index in [1.54, 1.807) is 0 Å². The van der Waals surface area contributed by atoms with E-state index in [-0.39, 0.29) is 0 Å². The van der Waals surface area contributed by atoms with Crippen LogP contribution in [0.15, 0.2) is 121 Å². The SMILES string of the molecule is [Cl][Ni][Cl].c1ccc([PH+](CCC[PH+](c2ccccc2)c2ccccc2)c2ccccc2)cc1. The van der Waals surface area contributed by atoms with Gasteiger partial charge in [-0.05, 0) is 48.5 Å². The molecule has 4 aromatic carbocycles. The molecule has 0 heterocycles. The second-order valence-corrected chi connectivity index (χ2v) is 14.2. The summed E-state index contributed by atoms with van der Waals surface area (Å²) in [7, 11) is 7.92. The molecule has 0 spiro atoms. The van der Waals surface area contributed by atoms with Crippen LogP contribution in [0.25, 0.3) is 0 Å². The van der Waals surface area contributed by atoms with Crippen LogP contribution in [-0.4, -0.2) is 12.3 Å². The van der Waals surface area contributed by atoms with Gasteiger partial charge in [0, 0.05) is 6.42 Å². The Balaban J connectivity index is 0.000000913. The number of benzene rings is 4. The molecule has 0 unspecified atom stereocenters. The smallest absolute Gasteiger partial charge is 0.0620 e. The van der Waals surface area contributed by atoms with E-state index in [2.05, 4.69) is 121 Å².